The number of fused-ring (bicyclic) bond motifs is 1. The molecule has 1 heterocycles. The van der Waals surface area contributed by atoms with Crippen LogP contribution in [-0.2, 0) is 11.3 Å². The minimum Gasteiger partial charge on any atom is -0.486 e. The number of ether oxygens (including phenoxy) is 3. The molecule has 0 amide bonds. The average molecular weight is 342 g/mol. The van der Waals surface area contributed by atoms with Gasteiger partial charge in [0.25, 0.3) is 0 Å². The minimum absolute atomic E-state index is 0.176. The predicted molar refractivity (Wildman–Crippen MR) is 94.2 cm³/mol. The van der Waals surface area contributed by atoms with Crippen molar-refractivity contribution in [2.75, 3.05) is 26.8 Å². The number of esters is 1. The number of carbonyl (C=O) groups is 1. The first-order chi connectivity index (χ1) is 12.1. The van der Waals surface area contributed by atoms with E-state index >= 15 is 0 Å². The van der Waals surface area contributed by atoms with Gasteiger partial charge < -0.3 is 19.1 Å². The van der Waals surface area contributed by atoms with E-state index < -0.39 is 0 Å². The number of nitrogens with one attached hydrogen (secondary N) is 1. The quantitative estimate of drug-likeness (QED) is 0.812. The highest BCUT2D eigenvalue weighted by molar-refractivity contribution is 5.90. The zero-order valence-corrected chi connectivity index (χ0v) is 14.7. The summed E-state index contributed by atoms with van der Waals surface area (Å²) in [5, 5.41) is 0. The highest BCUT2D eigenvalue weighted by Gasteiger charge is 2.19. The first-order valence-electron chi connectivity index (χ1n) is 8.57. The molecule has 3 rings (SSSR count). The third kappa shape index (κ3) is 4.73. The van der Waals surface area contributed by atoms with Crippen molar-refractivity contribution in [2.24, 2.45) is 0 Å². The zero-order valence-electron chi connectivity index (χ0n) is 14.7. The molecule has 0 aliphatic carbocycles. The van der Waals surface area contributed by atoms with Gasteiger partial charge in [-0.3, -0.25) is 0 Å². The topological polar surface area (TPSA) is 49.2 Å². The maximum Gasteiger partial charge on any atom is 0.338 e. The van der Waals surface area contributed by atoms with Crippen LogP contribution in [0.5, 0.6) is 11.5 Å². The van der Waals surface area contributed by atoms with E-state index in [2.05, 4.69) is 19.2 Å². The minimum atomic E-state index is -0.336. The van der Waals surface area contributed by atoms with Crippen molar-refractivity contribution in [3.8, 4) is 11.5 Å². The standard InChI is InChI=1S/C20H23NO4/c1-15(13-21(2)14-16-6-4-3-5-7-16)25-20(22)17-8-9-18-19(12-17)24-11-10-23-18/h3-9,12,15H,10-11,13-14H2,1-2H3/p+1/t15-/m1/s1. The largest absolute Gasteiger partial charge is 0.486 e. The fourth-order valence-electron chi connectivity index (χ4n) is 2.97. The van der Waals surface area contributed by atoms with Gasteiger partial charge in [0.2, 0.25) is 0 Å². The number of rotatable bonds is 6. The van der Waals surface area contributed by atoms with Crippen LogP contribution < -0.4 is 14.4 Å². The molecule has 1 aliphatic rings. The summed E-state index contributed by atoms with van der Waals surface area (Å²) in [5.41, 5.74) is 1.75. The third-order valence-electron chi connectivity index (χ3n) is 4.07. The van der Waals surface area contributed by atoms with E-state index in [9.17, 15) is 4.79 Å². The Hall–Kier alpha value is -2.53. The molecule has 25 heavy (non-hydrogen) atoms. The molecule has 0 bridgehead atoms. The van der Waals surface area contributed by atoms with Gasteiger partial charge in [-0.05, 0) is 25.1 Å². The first kappa shape index (κ1) is 17.3. The van der Waals surface area contributed by atoms with E-state index in [1.807, 2.05) is 25.1 Å². The highest BCUT2D eigenvalue weighted by Crippen LogP contribution is 2.30. The lowest BCUT2D eigenvalue weighted by Crippen LogP contribution is -3.08. The monoisotopic (exact) mass is 342 g/mol. The molecule has 0 saturated heterocycles. The number of quaternary nitrogens is 1. The van der Waals surface area contributed by atoms with Gasteiger partial charge in [0.1, 0.15) is 32.4 Å². The molecule has 2 atom stereocenters. The predicted octanol–water partition coefficient (Wildman–Crippen LogP) is 1.72. The summed E-state index contributed by atoms with van der Waals surface area (Å²) in [4.78, 5) is 13.6. The molecule has 5 heteroatoms. The van der Waals surface area contributed by atoms with Gasteiger partial charge in [-0.15, -0.1) is 0 Å². The Morgan fingerprint density at radius 3 is 2.60 bits per heavy atom. The summed E-state index contributed by atoms with van der Waals surface area (Å²) in [7, 11) is 2.10. The van der Waals surface area contributed by atoms with Crippen molar-refractivity contribution in [1.29, 1.82) is 0 Å². The Kier molecular flexibility index (Phi) is 5.56. The van der Waals surface area contributed by atoms with Crippen molar-refractivity contribution in [3.63, 3.8) is 0 Å². The first-order valence-corrected chi connectivity index (χ1v) is 8.57. The molecular weight excluding hydrogens is 318 g/mol. The Bertz CT molecular complexity index is 717. The highest BCUT2D eigenvalue weighted by atomic mass is 16.6. The van der Waals surface area contributed by atoms with Crippen LogP contribution in [0, 0.1) is 0 Å². The average Bonchev–Trinajstić information content (AvgIpc) is 2.61. The van der Waals surface area contributed by atoms with Crippen LogP contribution in [0.25, 0.3) is 0 Å². The Balaban J connectivity index is 1.53. The fraction of sp³-hybridized carbons (Fsp3) is 0.350. The second-order valence-electron chi connectivity index (χ2n) is 6.40. The number of benzene rings is 2. The van der Waals surface area contributed by atoms with Crippen LogP contribution in [0.3, 0.4) is 0 Å². The van der Waals surface area contributed by atoms with Crippen LogP contribution in [0.2, 0.25) is 0 Å². The molecule has 0 saturated carbocycles. The van der Waals surface area contributed by atoms with Gasteiger partial charge in [0.15, 0.2) is 11.5 Å². The molecule has 0 spiro atoms. The number of hydrogen-bond donors (Lipinski definition) is 1. The molecule has 2 aromatic carbocycles. The lowest BCUT2D eigenvalue weighted by atomic mass is 10.2. The van der Waals surface area contributed by atoms with E-state index in [1.165, 1.54) is 10.5 Å². The molecule has 2 aromatic rings. The second kappa shape index (κ2) is 8.03. The summed E-state index contributed by atoms with van der Waals surface area (Å²) < 4.78 is 16.6. The third-order valence-corrected chi connectivity index (χ3v) is 4.07. The van der Waals surface area contributed by atoms with E-state index in [0.29, 0.717) is 30.3 Å². The molecule has 1 aliphatic heterocycles. The van der Waals surface area contributed by atoms with Gasteiger partial charge in [-0.25, -0.2) is 4.79 Å². The molecule has 0 radical (unpaired) electrons. The van der Waals surface area contributed by atoms with E-state index in [1.54, 1.807) is 18.2 Å². The smallest absolute Gasteiger partial charge is 0.338 e. The second-order valence-corrected chi connectivity index (χ2v) is 6.40. The van der Waals surface area contributed by atoms with E-state index in [-0.39, 0.29) is 12.1 Å². The van der Waals surface area contributed by atoms with Crippen molar-refractivity contribution < 1.29 is 23.9 Å². The summed E-state index contributed by atoms with van der Waals surface area (Å²) in [6, 6.07) is 15.4. The van der Waals surface area contributed by atoms with Crippen molar-refractivity contribution in [3.05, 3.63) is 59.7 Å². The molecule has 0 aromatic heterocycles. The molecule has 0 fully saturated rings. The zero-order chi connectivity index (χ0) is 17.6. The summed E-state index contributed by atoms with van der Waals surface area (Å²) >= 11 is 0. The van der Waals surface area contributed by atoms with Crippen LogP contribution in [0.15, 0.2) is 48.5 Å². The molecule has 132 valence electrons. The van der Waals surface area contributed by atoms with E-state index in [0.717, 1.165) is 13.1 Å². The summed E-state index contributed by atoms with van der Waals surface area (Å²) in [6.07, 6.45) is -0.176. The molecular formula is C20H24NO4+. The Labute approximate surface area is 148 Å². The van der Waals surface area contributed by atoms with Crippen LogP contribution in [0.4, 0.5) is 0 Å². The Morgan fingerprint density at radius 2 is 1.84 bits per heavy atom. The van der Waals surface area contributed by atoms with Gasteiger partial charge in [-0.2, -0.15) is 0 Å². The number of hydrogen-bond acceptors (Lipinski definition) is 4. The van der Waals surface area contributed by atoms with Crippen LogP contribution >= 0.6 is 0 Å². The summed E-state index contributed by atoms with van der Waals surface area (Å²) in [6.45, 7) is 4.59. The lowest BCUT2D eigenvalue weighted by Gasteiger charge is -2.20. The molecule has 1 N–H and O–H groups in total. The van der Waals surface area contributed by atoms with Gasteiger partial charge in [0.05, 0.1) is 12.6 Å². The van der Waals surface area contributed by atoms with E-state index in [4.69, 9.17) is 14.2 Å². The van der Waals surface area contributed by atoms with Crippen molar-refractivity contribution in [1.82, 2.24) is 0 Å². The number of carbonyl (C=O) groups excluding carboxylic acids is 1. The fourth-order valence-corrected chi connectivity index (χ4v) is 2.97. The van der Waals surface area contributed by atoms with Gasteiger partial charge in [0, 0.05) is 5.56 Å². The lowest BCUT2D eigenvalue weighted by molar-refractivity contribution is -0.896. The van der Waals surface area contributed by atoms with Crippen molar-refractivity contribution >= 4 is 5.97 Å². The van der Waals surface area contributed by atoms with Gasteiger partial charge >= 0.3 is 5.97 Å². The molecule has 5 nitrogen and oxygen atoms in total. The maximum absolute atomic E-state index is 12.4. The normalized spacial score (nSPS) is 15.3. The Morgan fingerprint density at radius 1 is 1.12 bits per heavy atom. The van der Waals surface area contributed by atoms with Crippen LogP contribution in [-0.4, -0.2) is 38.9 Å². The molecule has 1 unspecified atom stereocenters. The summed E-state index contributed by atoms with van der Waals surface area (Å²) in [5.74, 6) is 0.931. The van der Waals surface area contributed by atoms with Crippen LogP contribution in [0.1, 0.15) is 22.8 Å². The SMILES string of the molecule is C[C@H](C[NH+](C)Cc1ccccc1)OC(=O)c1ccc2c(c1)OCCO2. The van der Waals surface area contributed by atoms with Gasteiger partial charge in [-0.1, -0.05) is 30.3 Å². The maximum atomic E-state index is 12.4. The number of likely N-dealkylation sites (N-methyl/N-ethyl adjacent to an activating group) is 1. The van der Waals surface area contributed by atoms with Crippen molar-refractivity contribution in [2.45, 2.75) is 19.6 Å².